The van der Waals surface area contributed by atoms with Gasteiger partial charge in [0.2, 0.25) is 5.91 Å². The standard InChI is InChI=1S/C32H34ClFN6O5/c1-3-45-31(42)25-9-5-4-8-24(39-30(41)20-17-36-40(18-20)28-10-6-7-23(33)29(28)34)27-15-19(13-14-35-27)22-12-11-21(16-26(22)38-25)37-32(43)44-2/h6-7,10-17,20,24-25,38H,3-5,8-9,18H2,1-2H3,(H,37,43)(H,39,41). The lowest BCUT2D eigenvalue weighted by molar-refractivity contribution is -0.144. The molecular weight excluding hydrogens is 603 g/mol. The van der Waals surface area contributed by atoms with Gasteiger partial charge in [0.15, 0.2) is 5.82 Å². The van der Waals surface area contributed by atoms with Crippen molar-refractivity contribution in [3.63, 3.8) is 0 Å². The Bertz CT molecular complexity index is 1600. The van der Waals surface area contributed by atoms with Gasteiger partial charge in [0.1, 0.15) is 6.04 Å². The van der Waals surface area contributed by atoms with Gasteiger partial charge < -0.3 is 20.1 Å². The summed E-state index contributed by atoms with van der Waals surface area (Å²) in [5, 5.41) is 14.8. The number of anilines is 3. The number of nitrogens with one attached hydrogen (secondary N) is 3. The normalized spacial score (nSPS) is 19.3. The number of amides is 2. The predicted octanol–water partition coefficient (Wildman–Crippen LogP) is 5.92. The first kappa shape index (κ1) is 31.7. The minimum absolute atomic E-state index is 0.0206. The molecule has 0 saturated heterocycles. The summed E-state index contributed by atoms with van der Waals surface area (Å²) in [6.07, 6.45) is 4.94. The van der Waals surface area contributed by atoms with E-state index in [4.69, 9.17) is 21.1 Å². The predicted molar refractivity (Wildman–Crippen MR) is 170 cm³/mol. The van der Waals surface area contributed by atoms with Crippen LogP contribution in [0.25, 0.3) is 11.1 Å². The van der Waals surface area contributed by atoms with Crippen LogP contribution >= 0.6 is 11.6 Å². The summed E-state index contributed by atoms with van der Waals surface area (Å²) >= 11 is 5.94. The molecule has 0 saturated carbocycles. The maximum absolute atomic E-state index is 14.6. The van der Waals surface area contributed by atoms with E-state index in [2.05, 4.69) is 26.0 Å². The highest BCUT2D eigenvalue weighted by Gasteiger charge is 2.30. The number of hydrogen-bond donors (Lipinski definition) is 3. The van der Waals surface area contributed by atoms with Gasteiger partial charge in [0, 0.05) is 29.3 Å². The lowest BCUT2D eigenvalue weighted by Crippen LogP contribution is -2.37. The van der Waals surface area contributed by atoms with Crippen molar-refractivity contribution in [2.75, 3.05) is 35.9 Å². The highest BCUT2D eigenvalue weighted by molar-refractivity contribution is 6.31. The van der Waals surface area contributed by atoms with Gasteiger partial charge in [0.05, 0.1) is 48.6 Å². The second-order valence-corrected chi connectivity index (χ2v) is 11.1. The Morgan fingerprint density at radius 1 is 1.13 bits per heavy atom. The molecule has 13 heteroatoms. The number of methoxy groups -OCH3 is 1. The van der Waals surface area contributed by atoms with Crippen molar-refractivity contribution in [2.24, 2.45) is 11.0 Å². The Morgan fingerprint density at radius 2 is 1.96 bits per heavy atom. The maximum Gasteiger partial charge on any atom is 0.411 e. The van der Waals surface area contributed by atoms with Crippen LogP contribution in [-0.4, -0.2) is 55.5 Å². The van der Waals surface area contributed by atoms with Gasteiger partial charge in [-0.25, -0.2) is 14.0 Å². The van der Waals surface area contributed by atoms with Gasteiger partial charge in [-0.3, -0.25) is 20.1 Å². The number of aromatic nitrogens is 1. The Balaban J connectivity index is 1.42. The first-order valence-corrected chi connectivity index (χ1v) is 15.1. The van der Waals surface area contributed by atoms with Crippen LogP contribution in [0.4, 0.5) is 26.2 Å². The largest absolute Gasteiger partial charge is 0.464 e. The van der Waals surface area contributed by atoms with Gasteiger partial charge in [0.25, 0.3) is 0 Å². The summed E-state index contributed by atoms with van der Waals surface area (Å²) in [4.78, 5) is 42.9. The first-order chi connectivity index (χ1) is 21.8. The molecule has 2 bridgehead atoms. The van der Waals surface area contributed by atoms with Crippen LogP contribution in [0, 0.1) is 11.7 Å². The van der Waals surface area contributed by atoms with Crippen molar-refractivity contribution < 1.29 is 28.2 Å². The summed E-state index contributed by atoms with van der Waals surface area (Å²) in [6, 6.07) is 12.6. The van der Waals surface area contributed by atoms with Gasteiger partial charge in [-0.2, -0.15) is 5.10 Å². The lowest BCUT2D eigenvalue weighted by Gasteiger charge is -2.25. The van der Waals surface area contributed by atoms with Crippen LogP contribution in [0.5, 0.6) is 0 Å². The number of rotatable bonds is 6. The number of fused-ring (bicyclic) bond motifs is 4. The van der Waals surface area contributed by atoms with Crippen molar-refractivity contribution in [2.45, 2.75) is 44.7 Å². The molecule has 11 nitrogen and oxygen atoms in total. The van der Waals surface area contributed by atoms with E-state index in [1.54, 1.807) is 37.4 Å². The molecule has 3 aromatic rings. The average molecular weight is 637 g/mol. The minimum atomic E-state index is -0.640. The molecule has 0 radical (unpaired) electrons. The van der Waals surface area contributed by atoms with E-state index in [9.17, 15) is 18.8 Å². The van der Waals surface area contributed by atoms with Gasteiger partial charge >= 0.3 is 12.1 Å². The van der Waals surface area contributed by atoms with E-state index < -0.39 is 29.9 Å². The van der Waals surface area contributed by atoms with Crippen molar-refractivity contribution in [3.8, 4) is 11.1 Å². The van der Waals surface area contributed by atoms with E-state index in [-0.39, 0.29) is 35.7 Å². The molecule has 2 amide bonds. The number of hydrazone groups is 1. The Morgan fingerprint density at radius 3 is 2.76 bits per heavy atom. The first-order valence-electron chi connectivity index (χ1n) is 14.7. The number of ether oxygens (including phenoxy) is 2. The number of benzene rings is 2. The fourth-order valence-corrected chi connectivity index (χ4v) is 5.53. The SMILES string of the molecule is CCOC(=O)C1CCCCC(NC(=O)C2C=NN(c3cccc(Cl)c3F)C2)c2cc(ccn2)-c2ccc(NC(=O)OC)cc2N1. The van der Waals surface area contributed by atoms with Crippen LogP contribution in [0.2, 0.25) is 5.02 Å². The summed E-state index contributed by atoms with van der Waals surface area (Å²) in [5.74, 6) is -1.86. The van der Waals surface area contributed by atoms with Crippen molar-refractivity contribution in [3.05, 3.63) is 71.3 Å². The summed E-state index contributed by atoms with van der Waals surface area (Å²) < 4.78 is 24.7. The fraction of sp³-hybridized carbons (Fsp3) is 0.344. The molecule has 0 fully saturated rings. The van der Waals surface area contributed by atoms with Crippen LogP contribution in [-0.2, 0) is 19.1 Å². The number of pyridine rings is 1. The quantitative estimate of drug-likeness (QED) is 0.284. The number of carbonyl (C=O) groups excluding carboxylic acids is 3. The van der Waals surface area contributed by atoms with Crippen LogP contribution in [0.1, 0.15) is 44.3 Å². The monoisotopic (exact) mass is 636 g/mol. The molecule has 3 atom stereocenters. The second kappa shape index (κ2) is 14.4. The van der Waals surface area contributed by atoms with Crippen molar-refractivity contribution in [1.29, 1.82) is 0 Å². The zero-order chi connectivity index (χ0) is 31.9. The molecule has 2 aliphatic heterocycles. The third kappa shape index (κ3) is 7.51. The second-order valence-electron chi connectivity index (χ2n) is 10.7. The number of nitrogens with zero attached hydrogens (tertiary/aromatic N) is 3. The maximum atomic E-state index is 14.6. The lowest BCUT2D eigenvalue weighted by atomic mass is 9.96. The van der Waals surface area contributed by atoms with Crippen molar-refractivity contribution >= 4 is 52.8 Å². The molecule has 236 valence electrons. The van der Waals surface area contributed by atoms with E-state index in [0.29, 0.717) is 42.8 Å². The average Bonchev–Trinajstić information content (AvgIpc) is 3.53. The van der Waals surface area contributed by atoms with E-state index in [0.717, 1.165) is 11.1 Å². The topological polar surface area (TPSA) is 134 Å². The molecule has 3 unspecified atom stereocenters. The molecule has 0 spiro atoms. The third-order valence-corrected chi connectivity index (χ3v) is 7.95. The molecule has 0 aliphatic carbocycles. The molecule has 3 N–H and O–H groups in total. The highest BCUT2D eigenvalue weighted by atomic mass is 35.5. The molecule has 1 aromatic heterocycles. The highest BCUT2D eigenvalue weighted by Crippen LogP contribution is 2.35. The zero-order valence-corrected chi connectivity index (χ0v) is 25.6. The third-order valence-electron chi connectivity index (χ3n) is 7.66. The molecule has 5 rings (SSSR count). The number of hydrogen-bond acceptors (Lipinski definition) is 9. The minimum Gasteiger partial charge on any atom is -0.464 e. The number of halogens is 2. The van der Waals surface area contributed by atoms with E-state index in [1.807, 2.05) is 18.2 Å². The number of esters is 1. The van der Waals surface area contributed by atoms with Crippen LogP contribution in [0.3, 0.4) is 0 Å². The Kier molecular flexibility index (Phi) is 10.1. The van der Waals surface area contributed by atoms with Gasteiger partial charge in [-0.05, 0) is 61.7 Å². The summed E-state index contributed by atoms with van der Waals surface area (Å²) in [7, 11) is 1.28. The van der Waals surface area contributed by atoms with Crippen LogP contribution in [0.15, 0.2) is 59.8 Å². The van der Waals surface area contributed by atoms with Gasteiger partial charge in [-0.15, -0.1) is 0 Å². The molecular formula is C32H34ClFN6O5. The fourth-order valence-electron chi connectivity index (χ4n) is 5.36. The Labute approximate surface area is 265 Å². The zero-order valence-electron chi connectivity index (χ0n) is 24.9. The molecule has 2 aromatic carbocycles. The van der Waals surface area contributed by atoms with Crippen LogP contribution < -0.4 is 21.0 Å². The summed E-state index contributed by atoms with van der Waals surface area (Å²) in [6.45, 7) is 2.15. The van der Waals surface area contributed by atoms with Gasteiger partial charge in [-0.1, -0.05) is 36.6 Å². The number of carbonyl (C=O) groups is 3. The van der Waals surface area contributed by atoms with E-state index >= 15 is 0 Å². The Hall–Kier alpha value is -4.71. The molecule has 3 heterocycles. The van der Waals surface area contributed by atoms with Crippen molar-refractivity contribution in [1.82, 2.24) is 10.3 Å². The summed E-state index contributed by atoms with van der Waals surface area (Å²) in [5.41, 5.74) is 3.50. The van der Waals surface area contributed by atoms with E-state index in [1.165, 1.54) is 24.4 Å². The molecule has 2 aliphatic rings. The smallest absolute Gasteiger partial charge is 0.411 e. The molecule has 45 heavy (non-hydrogen) atoms.